The number of aromatic nitrogens is 2. The summed E-state index contributed by atoms with van der Waals surface area (Å²) >= 11 is 0. The van der Waals surface area contributed by atoms with Crippen molar-refractivity contribution in [2.45, 2.75) is 0 Å². The second-order valence-electron chi connectivity index (χ2n) is 8.67. The lowest BCUT2D eigenvalue weighted by atomic mass is 10.1. The van der Waals surface area contributed by atoms with Crippen LogP contribution in [0.2, 0.25) is 0 Å². The maximum Gasteiger partial charge on any atom is 0.255 e. The molecule has 9 heteroatoms. The molecule has 0 aliphatic carbocycles. The Morgan fingerprint density at radius 1 is 1.03 bits per heavy atom. The zero-order valence-corrected chi connectivity index (χ0v) is 19.4. The second-order valence-corrected chi connectivity index (χ2v) is 8.67. The number of hydrogen-bond acceptors (Lipinski definition) is 6. The van der Waals surface area contributed by atoms with Crippen LogP contribution >= 0.6 is 0 Å². The van der Waals surface area contributed by atoms with Crippen LogP contribution in [0.15, 0.2) is 66.7 Å². The molecule has 178 valence electrons. The van der Waals surface area contributed by atoms with Gasteiger partial charge in [0.15, 0.2) is 5.82 Å². The molecule has 1 aliphatic heterocycles. The highest BCUT2D eigenvalue weighted by Crippen LogP contribution is 2.27. The van der Waals surface area contributed by atoms with Crippen molar-refractivity contribution >= 4 is 40.7 Å². The summed E-state index contributed by atoms with van der Waals surface area (Å²) in [7, 11) is 2.12. The summed E-state index contributed by atoms with van der Waals surface area (Å²) in [6.07, 6.45) is 0. The monoisotopic (exact) mass is 470 g/mol. The summed E-state index contributed by atoms with van der Waals surface area (Å²) in [4.78, 5) is 21.8. The summed E-state index contributed by atoms with van der Waals surface area (Å²) in [6.45, 7) is 7.33. The number of benzene rings is 3. The standard InChI is InChI=1S/C26H26N6O3/c1-29-13-15-31(16-14-29)21-9-5-19(6-10-21)26(33)27-20-7-3-18(4-8-20)25-28-23-12-11-22(30(2)34)17-24(23)32(25)35/h3-12,17,35H,2,13-16H2,1H3,(H,27,33). The van der Waals surface area contributed by atoms with Crippen LogP contribution in [-0.2, 0) is 0 Å². The molecule has 35 heavy (non-hydrogen) atoms. The van der Waals surface area contributed by atoms with Crippen molar-refractivity contribution in [3.8, 4) is 11.4 Å². The molecule has 3 aromatic carbocycles. The zero-order valence-electron chi connectivity index (χ0n) is 19.4. The van der Waals surface area contributed by atoms with Gasteiger partial charge in [-0.25, -0.2) is 4.98 Å². The highest BCUT2D eigenvalue weighted by Gasteiger charge is 2.16. The number of likely N-dealkylation sites (N-methyl/N-ethyl adjacent to an activating group) is 1. The number of nitrogens with one attached hydrogen (secondary N) is 1. The van der Waals surface area contributed by atoms with Gasteiger partial charge in [-0.2, -0.15) is 9.47 Å². The number of fused-ring (bicyclic) bond motifs is 1. The molecular weight excluding hydrogens is 444 g/mol. The molecule has 0 saturated carbocycles. The lowest BCUT2D eigenvalue weighted by Gasteiger charge is -2.34. The van der Waals surface area contributed by atoms with Gasteiger partial charge in [-0.15, -0.1) is 0 Å². The molecule has 0 radical (unpaired) electrons. The van der Waals surface area contributed by atoms with E-state index in [2.05, 4.69) is 33.9 Å². The van der Waals surface area contributed by atoms with Crippen LogP contribution in [0.3, 0.4) is 0 Å². The van der Waals surface area contributed by atoms with Crippen molar-refractivity contribution in [3.63, 3.8) is 0 Å². The molecule has 0 unspecified atom stereocenters. The molecule has 0 spiro atoms. The molecule has 1 aromatic heterocycles. The minimum Gasteiger partial charge on any atom is -0.619 e. The van der Waals surface area contributed by atoms with Gasteiger partial charge >= 0.3 is 0 Å². The first-order valence-electron chi connectivity index (χ1n) is 11.3. The average molecular weight is 471 g/mol. The van der Waals surface area contributed by atoms with Crippen LogP contribution in [0.4, 0.5) is 17.1 Å². The Bertz CT molecular complexity index is 1390. The van der Waals surface area contributed by atoms with E-state index in [0.717, 1.165) is 36.6 Å². The summed E-state index contributed by atoms with van der Waals surface area (Å²) in [5.74, 6) is 0.135. The molecule has 2 heterocycles. The number of amides is 1. The van der Waals surface area contributed by atoms with E-state index in [1.165, 1.54) is 6.07 Å². The number of piperazine rings is 1. The van der Waals surface area contributed by atoms with Crippen LogP contribution in [0.25, 0.3) is 22.4 Å². The van der Waals surface area contributed by atoms with Crippen LogP contribution in [0, 0.1) is 5.21 Å². The first-order chi connectivity index (χ1) is 16.9. The Kier molecular flexibility index (Phi) is 5.84. The van der Waals surface area contributed by atoms with Crippen molar-refractivity contribution < 1.29 is 14.7 Å². The molecule has 0 atom stereocenters. The van der Waals surface area contributed by atoms with E-state index in [4.69, 9.17) is 0 Å². The van der Waals surface area contributed by atoms with Gasteiger partial charge in [0.25, 0.3) is 5.91 Å². The summed E-state index contributed by atoms with van der Waals surface area (Å²) in [6, 6.07) is 19.5. The molecule has 0 bridgehead atoms. The van der Waals surface area contributed by atoms with Crippen LogP contribution in [-0.4, -0.2) is 70.4 Å². The van der Waals surface area contributed by atoms with Gasteiger partial charge in [0, 0.05) is 60.8 Å². The number of rotatable bonds is 5. The summed E-state index contributed by atoms with van der Waals surface area (Å²) < 4.78 is 1.42. The molecular formula is C26H26N6O3. The van der Waals surface area contributed by atoms with Gasteiger partial charge in [0.05, 0.1) is 5.52 Å². The van der Waals surface area contributed by atoms with E-state index in [9.17, 15) is 15.2 Å². The minimum atomic E-state index is -0.194. The summed E-state index contributed by atoms with van der Waals surface area (Å²) in [5, 5.41) is 24.9. The van der Waals surface area contributed by atoms with Crippen molar-refractivity contribution in [2.24, 2.45) is 0 Å². The third-order valence-electron chi connectivity index (χ3n) is 6.30. The number of carbonyl (C=O) groups excluding carboxylic acids is 1. The highest BCUT2D eigenvalue weighted by atomic mass is 16.5. The molecule has 2 N–H and O–H groups in total. The quantitative estimate of drug-likeness (QED) is 0.151. The predicted molar refractivity (Wildman–Crippen MR) is 137 cm³/mol. The van der Waals surface area contributed by atoms with Crippen LogP contribution < -0.4 is 10.2 Å². The maximum absolute atomic E-state index is 12.7. The van der Waals surface area contributed by atoms with E-state index in [0.29, 0.717) is 44.1 Å². The largest absolute Gasteiger partial charge is 0.619 e. The van der Waals surface area contributed by atoms with E-state index in [-0.39, 0.29) is 5.91 Å². The van der Waals surface area contributed by atoms with E-state index in [1.54, 1.807) is 36.4 Å². The first kappa shape index (κ1) is 22.4. The molecule has 4 aromatic rings. The highest BCUT2D eigenvalue weighted by molar-refractivity contribution is 6.04. The van der Waals surface area contributed by atoms with Gasteiger partial charge in [-0.3, -0.25) is 4.79 Å². The third kappa shape index (κ3) is 4.53. The number of carbonyl (C=O) groups is 1. The fraction of sp³-hybridized carbons (Fsp3) is 0.192. The smallest absolute Gasteiger partial charge is 0.255 e. The van der Waals surface area contributed by atoms with Crippen molar-refractivity contribution in [1.29, 1.82) is 0 Å². The SMILES string of the molecule is C=[N+]([O-])c1ccc2nc(-c3ccc(NC(=O)c4ccc(N5CCN(C)CC5)cc4)cc3)n(O)c2c1. The number of nitrogens with zero attached hydrogens (tertiary/aromatic N) is 5. The number of hydrogen-bond donors (Lipinski definition) is 2. The van der Waals surface area contributed by atoms with Gasteiger partial charge < -0.3 is 25.5 Å². The molecule has 1 saturated heterocycles. The van der Waals surface area contributed by atoms with E-state index >= 15 is 0 Å². The Labute approximate surface area is 202 Å². The Hall–Kier alpha value is -4.37. The van der Waals surface area contributed by atoms with Gasteiger partial charge in [-0.1, -0.05) is 0 Å². The molecule has 5 rings (SSSR count). The third-order valence-corrected chi connectivity index (χ3v) is 6.30. The fourth-order valence-corrected chi connectivity index (χ4v) is 4.19. The van der Waals surface area contributed by atoms with Crippen molar-refractivity contribution in [2.75, 3.05) is 43.4 Å². The minimum absolute atomic E-state index is 0.194. The molecule has 1 amide bonds. The van der Waals surface area contributed by atoms with Crippen molar-refractivity contribution in [1.82, 2.24) is 14.6 Å². The number of anilines is 2. The lowest BCUT2D eigenvalue weighted by Crippen LogP contribution is -2.44. The Morgan fingerprint density at radius 3 is 2.37 bits per heavy atom. The van der Waals surface area contributed by atoms with Crippen molar-refractivity contribution in [3.05, 3.63) is 77.5 Å². The summed E-state index contributed by atoms with van der Waals surface area (Å²) in [5.41, 5.74) is 4.25. The normalized spacial score (nSPS) is 14.3. The van der Waals surface area contributed by atoms with Crippen LogP contribution in [0.1, 0.15) is 10.4 Å². The fourth-order valence-electron chi connectivity index (χ4n) is 4.19. The topological polar surface area (TPSA) is 99.7 Å². The Morgan fingerprint density at radius 2 is 1.71 bits per heavy atom. The predicted octanol–water partition coefficient (Wildman–Crippen LogP) is 3.79. The molecule has 1 fully saturated rings. The number of imidazole rings is 1. The Balaban J connectivity index is 1.28. The average Bonchev–Trinajstić information content (AvgIpc) is 3.21. The van der Waals surface area contributed by atoms with E-state index in [1.807, 2.05) is 24.3 Å². The van der Waals surface area contributed by atoms with Gasteiger partial charge in [0.2, 0.25) is 5.69 Å². The van der Waals surface area contributed by atoms with Gasteiger partial charge in [-0.05, 0) is 61.6 Å². The zero-order chi connectivity index (χ0) is 24.5. The van der Waals surface area contributed by atoms with Gasteiger partial charge in [0.1, 0.15) is 12.2 Å². The maximum atomic E-state index is 12.7. The second kappa shape index (κ2) is 9.11. The van der Waals surface area contributed by atoms with E-state index < -0.39 is 0 Å². The lowest BCUT2D eigenvalue weighted by molar-refractivity contribution is -0.349. The molecule has 1 aliphatic rings. The molecule has 9 nitrogen and oxygen atoms in total. The first-order valence-corrected chi connectivity index (χ1v) is 11.3. The van der Waals surface area contributed by atoms with Crippen LogP contribution in [0.5, 0.6) is 0 Å².